The number of halogens is 2. The fraction of sp³-hybridized carbons (Fsp3) is 0.154. The summed E-state index contributed by atoms with van der Waals surface area (Å²) in [7, 11) is 0. The second kappa shape index (κ2) is 5.60. The van der Waals surface area contributed by atoms with E-state index in [1.807, 2.05) is 0 Å². The lowest BCUT2D eigenvalue weighted by Crippen LogP contribution is -2.11. The maximum Gasteiger partial charge on any atom is 0.338 e. The fourth-order valence-electron chi connectivity index (χ4n) is 1.66. The predicted octanol–water partition coefficient (Wildman–Crippen LogP) is 2.63. The van der Waals surface area contributed by atoms with Gasteiger partial charge in [-0.15, -0.1) is 0 Å². The van der Waals surface area contributed by atoms with Gasteiger partial charge < -0.3 is 10.4 Å². The van der Waals surface area contributed by atoms with Gasteiger partial charge in [0.1, 0.15) is 11.6 Å². The number of aromatic carboxylic acids is 1. The van der Waals surface area contributed by atoms with E-state index in [-0.39, 0.29) is 5.69 Å². The van der Waals surface area contributed by atoms with Crippen LogP contribution in [0.15, 0.2) is 30.7 Å². The fourth-order valence-corrected chi connectivity index (χ4v) is 1.66. The summed E-state index contributed by atoms with van der Waals surface area (Å²) in [6.07, 6.45) is 4.48. The molecule has 0 saturated carbocycles. The number of nitrogens with zero attached hydrogens (tertiary/aromatic N) is 2. The molecule has 104 valence electrons. The van der Waals surface area contributed by atoms with Gasteiger partial charge in [-0.3, -0.25) is 9.97 Å². The number of carboxylic acids is 1. The minimum Gasteiger partial charge on any atom is -0.478 e. The smallest absolute Gasteiger partial charge is 0.338 e. The van der Waals surface area contributed by atoms with Crippen LogP contribution in [0.5, 0.6) is 0 Å². The molecule has 0 aliphatic rings. The van der Waals surface area contributed by atoms with Gasteiger partial charge in [-0.25, -0.2) is 13.6 Å². The minimum atomic E-state index is -1.46. The Morgan fingerprint density at radius 2 is 2.05 bits per heavy atom. The Kier molecular flexibility index (Phi) is 3.88. The highest BCUT2D eigenvalue weighted by Crippen LogP contribution is 2.23. The lowest BCUT2D eigenvalue weighted by atomic mass is 10.1. The number of hydrogen-bond donors (Lipinski definition) is 2. The molecule has 1 heterocycles. The molecule has 0 aliphatic carbocycles. The van der Waals surface area contributed by atoms with Crippen molar-refractivity contribution in [2.24, 2.45) is 0 Å². The van der Waals surface area contributed by atoms with Crippen LogP contribution in [-0.2, 0) is 0 Å². The first kappa shape index (κ1) is 13.9. The lowest BCUT2D eigenvalue weighted by Gasteiger charge is -2.15. The number of anilines is 1. The highest BCUT2D eigenvalue weighted by atomic mass is 19.1. The number of carbonyl (C=O) groups is 1. The van der Waals surface area contributed by atoms with Crippen molar-refractivity contribution in [3.63, 3.8) is 0 Å². The van der Waals surface area contributed by atoms with E-state index in [0.717, 1.165) is 6.07 Å². The van der Waals surface area contributed by atoms with Crippen LogP contribution in [0.4, 0.5) is 14.5 Å². The summed E-state index contributed by atoms with van der Waals surface area (Å²) in [4.78, 5) is 18.7. The van der Waals surface area contributed by atoms with Crippen molar-refractivity contribution in [3.8, 4) is 0 Å². The van der Waals surface area contributed by atoms with Crippen molar-refractivity contribution < 1.29 is 18.7 Å². The number of hydrogen-bond acceptors (Lipinski definition) is 4. The Hall–Kier alpha value is -2.57. The monoisotopic (exact) mass is 279 g/mol. The molecule has 1 atom stereocenters. The number of carboxylic acid groups (broad SMARTS) is 1. The molecule has 0 fully saturated rings. The van der Waals surface area contributed by atoms with Crippen LogP contribution in [0, 0.1) is 11.6 Å². The van der Waals surface area contributed by atoms with Crippen LogP contribution in [0.3, 0.4) is 0 Å². The van der Waals surface area contributed by atoms with Crippen LogP contribution >= 0.6 is 0 Å². The molecule has 1 aromatic carbocycles. The predicted molar refractivity (Wildman–Crippen MR) is 67.4 cm³/mol. The van der Waals surface area contributed by atoms with E-state index in [1.54, 1.807) is 6.92 Å². The molecule has 0 saturated heterocycles. The third-order valence-electron chi connectivity index (χ3n) is 2.69. The van der Waals surface area contributed by atoms with Gasteiger partial charge in [-0.1, -0.05) is 0 Å². The molecule has 1 unspecified atom stereocenters. The standard InChI is InChI=1S/C13H11F2N3O2/c1-7(12-6-16-2-3-17-12)18-11-4-8(13(19)20)9(14)5-10(11)15/h2-7,18H,1H3,(H,19,20). The first-order chi connectivity index (χ1) is 9.49. The normalized spacial score (nSPS) is 11.9. The highest BCUT2D eigenvalue weighted by molar-refractivity contribution is 5.89. The van der Waals surface area contributed by atoms with E-state index in [2.05, 4.69) is 15.3 Å². The largest absolute Gasteiger partial charge is 0.478 e. The molecule has 0 amide bonds. The lowest BCUT2D eigenvalue weighted by molar-refractivity contribution is 0.0692. The van der Waals surface area contributed by atoms with Gasteiger partial charge in [-0.05, 0) is 13.0 Å². The Balaban J connectivity index is 2.29. The van der Waals surface area contributed by atoms with E-state index in [4.69, 9.17) is 5.11 Å². The molecule has 0 radical (unpaired) electrons. The second-order valence-electron chi connectivity index (χ2n) is 4.11. The Morgan fingerprint density at radius 1 is 1.30 bits per heavy atom. The van der Waals surface area contributed by atoms with E-state index < -0.39 is 29.2 Å². The van der Waals surface area contributed by atoms with Crippen LogP contribution in [0.1, 0.15) is 29.0 Å². The van der Waals surface area contributed by atoms with E-state index in [9.17, 15) is 13.6 Å². The first-order valence-electron chi connectivity index (χ1n) is 5.74. The molecule has 5 nitrogen and oxygen atoms in total. The zero-order chi connectivity index (χ0) is 14.7. The van der Waals surface area contributed by atoms with Gasteiger partial charge in [0.15, 0.2) is 0 Å². The molecule has 0 spiro atoms. The van der Waals surface area contributed by atoms with Crippen molar-refractivity contribution in [2.75, 3.05) is 5.32 Å². The molecule has 7 heteroatoms. The van der Waals surface area contributed by atoms with Gasteiger partial charge in [0.2, 0.25) is 0 Å². The summed E-state index contributed by atoms with van der Waals surface area (Å²) in [5.74, 6) is -3.45. The zero-order valence-electron chi connectivity index (χ0n) is 10.5. The molecular formula is C13H11F2N3O2. The van der Waals surface area contributed by atoms with E-state index in [0.29, 0.717) is 11.8 Å². The number of rotatable bonds is 4. The topological polar surface area (TPSA) is 75.1 Å². The van der Waals surface area contributed by atoms with Crippen molar-refractivity contribution in [2.45, 2.75) is 13.0 Å². The Morgan fingerprint density at radius 3 is 2.65 bits per heavy atom. The third-order valence-corrected chi connectivity index (χ3v) is 2.69. The summed E-state index contributed by atoms with van der Waals surface area (Å²) < 4.78 is 26.9. The Labute approximate surface area is 113 Å². The van der Waals surface area contributed by atoms with Gasteiger partial charge in [0, 0.05) is 18.5 Å². The van der Waals surface area contributed by atoms with Crippen LogP contribution < -0.4 is 5.32 Å². The SMILES string of the molecule is CC(Nc1cc(C(=O)O)c(F)cc1F)c1cnccn1. The zero-order valence-corrected chi connectivity index (χ0v) is 10.5. The van der Waals surface area contributed by atoms with Crippen LogP contribution in [0.2, 0.25) is 0 Å². The second-order valence-corrected chi connectivity index (χ2v) is 4.11. The van der Waals surface area contributed by atoms with Crippen LogP contribution in [-0.4, -0.2) is 21.0 Å². The number of benzene rings is 1. The molecule has 2 rings (SSSR count). The summed E-state index contributed by atoms with van der Waals surface area (Å²) in [5, 5.41) is 11.6. The molecule has 20 heavy (non-hydrogen) atoms. The van der Waals surface area contributed by atoms with Gasteiger partial charge in [-0.2, -0.15) is 0 Å². The summed E-state index contributed by atoms with van der Waals surface area (Å²) in [5.41, 5.74) is -0.157. The molecule has 0 bridgehead atoms. The van der Waals surface area contributed by atoms with Crippen molar-refractivity contribution in [1.82, 2.24) is 9.97 Å². The van der Waals surface area contributed by atoms with Crippen molar-refractivity contribution >= 4 is 11.7 Å². The first-order valence-corrected chi connectivity index (χ1v) is 5.74. The summed E-state index contributed by atoms with van der Waals surface area (Å²) in [6.45, 7) is 1.70. The quantitative estimate of drug-likeness (QED) is 0.899. The third kappa shape index (κ3) is 2.87. The van der Waals surface area contributed by atoms with Gasteiger partial charge >= 0.3 is 5.97 Å². The number of aromatic nitrogens is 2. The average molecular weight is 279 g/mol. The van der Waals surface area contributed by atoms with E-state index >= 15 is 0 Å². The molecule has 2 N–H and O–H groups in total. The average Bonchev–Trinajstić information content (AvgIpc) is 2.42. The summed E-state index contributed by atoms with van der Waals surface area (Å²) >= 11 is 0. The number of nitrogens with one attached hydrogen (secondary N) is 1. The van der Waals surface area contributed by atoms with Crippen LogP contribution in [0.25, 0.3) is 0 Å². The van der Waals surface area contributed by atoms with E-state index in [1.165, 1.54) is 18.6 Å². The maximum atomic E-state index is 13.6. The maximum absolute atomic E-state index is 13.6. The van der Waals surface area contributed by atoms with Gasteiger partial charge in [0.05, 0.1) is 29.2 Å². The molecule has 0 aliphatic heterocycles. The highest BCUT2D eigenvalue weighted by Gasteiger charge is 2.17. The Bertz CT molecular complexity index is 635. The molecular weight excluding hydrogens is 268 g/mol. The minimum absolute atomic E-state index is 0.109. The van der Waals surface area contributed by atoms with Crippen molar-refractivity contribution in [1.29, 1.82) is 0 Å². The molecule has 2 aromatic rings. The summed E-state index contributed by atoms with van der Waals surface area (Å²) in [6, 6.07) is 1.04. The van der Waals surface area contributed by atoms with Crippen molar-refractivity contribution in [3.05, 3.63) is 53.6 Å². The van der Waals surface area contributed by atoms with Gasteiger partial charge in [0.25, 0.3) is 0 Å². The molecule has 1 aromatic heterocycles.